The molecule has 1 rings (SSSR count). The van der Waals surface area contributed by atoms with E-state index in [-0.39, 0.29) is 5.78 Å². The molecule has 0 aromatic carbocycles. The second-order valence-corrected chi connectivity index (χ2v) is 3.93. The van der Waals surface area contributed by atoms with Crippen molar-refractivity contribution in [2.24, 2.45) is 5.92 Å². The van der Waals surface area contributed by atoms with Crippen LogP contribution in [-0.4, -0.2) is 5.78 Å². The number of ketones is 1. The number of nitriles is 1. The molecule has 2 nitrogen and oxygen atoms in total. The van der Waals surface area contributed by atoms with Crippen LogP contribution in [0.25, 0.3) is 0 Å². The van der Waals surface area contributed by atoms with E-state index in [9.17, 15) is 4.79 Å². The molecule has 0 N–H and O–H groups in total. The van der Waals surface area contributed by atoms with Crippen molar-refractivity contribution in [2.75, 3.05) is 0 Å². The van der Waals surface area contributed by atoms with Crippen LogP contribution in [0, 0.1) is 17.2 Å². The van der Waals surface area contributed by atoms with E-state index < -0.39 is 0 Å². The average molecular weight is 179 g/mol. The van der Waals surface area contributed by atoms with E-state index in [0.717, 1.165) is 18.8 Å². The molecule has 1 aliphatic carbocycles. The summed E-state index contributed by atoms with van der Waals surface area (Å²) in [5.41, 5.74) is 0. The smallest absolute Gasteiger partial charge is 0.231 e. The molecule has 0 spiro atoms. The van der Waals surface area contributed by atoms with Crippen molar-refractivity contribution in [1.82, 2.24) is 0 Å². The fraction of sp³-hybridized carbons (Fsp3) is 0.818. The summed E-state index contributed by atoms with van der Waals surface area (Å²) in [4.78, 5) is 10.7. The van der Waals surface area contributed by atoms with Gasteiger partial charge in [0.25, 0.3) is 0 Å². The predicted molar refractivity (Wildman–Crippen MR) is 51.0 cm³/mol. The molecule has 0 bridgehead atoms. The Morgan fingerprint density at radius 3 is 2.62 bits per heavy atom. The molecule has 1 saturated carbocycles. The average Bonchev–Trinajstić information content (AvgIpc) is 2.19. The molecule has 0 atom stereocenters. The van der Waals surface area contributed by atoms with Gasteiger partial charge in [-0.2, -0.15) is 5.26 Å². The molecule has 2 heteroatoms. The second kappa shape index (κ2) is 5.75. The second-order valence-electron chi connectivity index (χ2n) is 3.93. The summed E-state index contributed by atoms with van der Waals surface area (Å²) in [6, 6.07) is 1.66. The van der Waals surface area contributed by atoms with Crippen LogP contribution in [0.3, 0.4) is 0 Å². The quantitative estimate of drug-likeness (QED) is 0.622. The van der Waals surface area contributed by atoms with Crippen molar-refractivity contribution in [3.05, 3.63) is 0 Å². The largest absolute Gasteiger partial charge is 0.283 e. The minimum Gasteiger partial charge on any atom is -0.283 e. The van der Waals surface area contributed by atoms with Gasteiger partial charge >= 0.3 is 0 Å². The van der Waals surface area contributed by atoms with Crippen LogP contribution in [0.2, 0.25) is 0 Å². The topological polar surface area (TPSA) is 40.9 Å². The maximum absolute atomic E-state index is 10.7. The van der Waals surface area contributed by atoms with Gasteiger partial charge in [-0.1, -0.05) is 32.1 Å². The summed E-state index contributed by atoms with van der Waals surface area (Å²) in [5, 5.41) is 8.27. The first kappa shape index (κ1) is 10.2. The highest BCUT2D eigenvalue weighted by Crippen LogP contribution is 2.27. The Morgan fingerprint density at radius 2 is 2.00 bits per heavy atom. The Morgan fingerprint density at radius 1 is 1.31 bits per heavy atom. The third kappa shape index (κ3) is 4.07. The van der Waals surface area contributed by atoms with Crippen LogP contribution < -0.4 is 0 Å². The van der Waals surface area contributed by atoms with Crippen LogP contribution >= 0.6 is 0 Å². The zero-order valence-electron chi connectivity index (χ0n) is 8.09. The van der Waals surface area contributed by atoms with Gasteiger partial charge < -0.3 is 0 Å². The highest BCUT2D eigenvalue weighted by atomic mass is 16.1. The van der Waals surface area contributed by atoms with Gasteiger partial charge in [0, 0.05) is 6.42 Å². The van der Waals surface area contributed by atoms with Gasteiger partial charge in [0.2, 0.25) is 5.78 Å². The van der Waals surface area contributed by atoms with E-state index in [1.165, 1.54) is 32.1 Å². The summed E-state index contributed by atoms with van der Waals surface area (Å²) in [6.07, 6.45) is 9.29. The Balaban J connectivity index is 2.05. The molecular weight excluding hydrogens is 162 g/mol. The number of carbonyl (C=O) groups excluding carboxylic acids is 1. The minimum atomic E-state index is -0.254. The van der Waals surface area contributed by atoms with Crippen LogP contribution in [-0.2, 0) is 4.79 Å². The number of carbonyl (C=O) groups is 1. The van der Waals surface area contributed by atoms with E-state index in [0.29, 0.717) is 6.42 Å². The highest BCUT2D eigenvalue weighted by Gasteiger charge is 2.13. The number of rotatable bonds is 4. The van der Waals surface area contributed by atoms with Crippen molar-refractivity contribution < 1.29 is 4.79 Å². The molecule has 72 valence electrons. The van der Waals surface area contributed by atoms with Gasteiger partial charge in [-0.05, 0) is 18.8 Å². The third-order valence-electron chi connectivity index (χ3n) is 2.87. The molecule has 0 aliphatic heterocycles. The number of hydrogen-bond donors (Lipinski definition) is 0. The van der Waals surface area contributed by atoms with Gasteiger partial charge in [-0.3, -0.25) is 4.79 Å². The molecule has 0 unspecified atom stereocenters. The van der Waals surface area contributed by atoms with E-state index in [1.807, 2.05) is 0 Å². The van der Waals surface area contributed by atoms with Crippen LogP contribution in [0.1, 0.15) is 51.4 Å². The summed E-state index contributed by atoms with van der Waals surface area (Å²) >= 11 is 0. The maximum atomic E-state index is 10.7. The van der Waals surface area contributed by atoms with Crippen molar-refractivity contribution in [3.63, 3.8) is 0 Å². The monoisotopic (exact) mass is 179 g/mol. The molecule has 1 fully saturated rings. The summed E-state index contributed by atoms with van der Waals surface area (Å²) in [5.74, 6) is 0.580. The first-order valence-corrected chi connectivity index (χ1v) is 5.26. The van der Waals surface area contributed by atoms with Crippen molar-refractivity contribution >= 4 is 5.78 Å². The summed E-state index contributed by atoms with van der Waals surface area (Å²) in [6.45, 7) is 0. The lowest BCUT2D eigenvalue weighted by Gasteiger charge is -2.20. The lowest BCUT2D eigenvalue weighted by Crippen LogP contribution is -2.06. The molecule has 1 aliphatic rings. The van der Waals surface area contributed by atoms with Crippen molar-refractivity contribution in [2.45, 2.75) is 51.4 Å². The molecule has 13 heavy (non-hydrogen) atoms. The lowest BCUT2D eigenvalue weighted by molar-refractivity contribution is -0.114. The van der Waals surface area contributed by atoms with Crippen LogP contribution in [0.4, 0.5) is 0 Å². The van der Waals surface area contributed by atoms with E-state index in [1.54, 1.807) is 6.07 Å². The van der Waals surface area contributed by atoms with Gasteiger partial charge in [-0.25, -0.2) is 0 Å². The number of hydrogen-bond acceptors (Lipinski definition) is 2. The Bertz CT molecular complexity index is 199. The van der Waals surface area contributed by atoms with E-state index in [4.69, 9.17) is 5.26 Å². The fourth-order valence-corrected chi connectivity index (χ4v) is 2.08. The van der Waals surface area contributed by atoms with Crippen molar-refractivity contribution in [3.8, 4) is 6.07 Å². The van der Waals surface area contributed by atoms with Crippen LogP contribution in [0.5, 0.6) is 0 Å². The number of Topliss-reactive ketones (excluding diaryl/α,β-unsaturated/α-hetero) is 1. The first-order valence-electron chi connectivity index (χ1n) is 5.26. The summed E-state index contributed by atoms with van der Waals surface area (Å²) < 4.78 is 0. The molecule has 0 aromatic rings. The zero-order chi connectivity index (χ0) is 9.52. The lowest BCUT2D eigenvalue weighted by atomic mass is 9.85. The van der Waals surface area contributed by atoms with Gasteiger partial charge in [0.15, 0.2) is 0 Å². The molecule has 0 saturated heterocycles. The molecular formula is C11H17NO. The molecule has 0 radical (unpaired) electrons. The fourth-order valence-electron chi connectivity index (χ4n) is 2.08. The standard InChI is InChI=1S/C11H17NO/c12-9-11(13)8-4-7-10-5-2-1-3-6-10/h10H,1-8H2. The SMILES string of the molecule is N#CC(=O)CCCC1CCCCC1. The van der Waals surface area contributed by atoms with Gasteiger partial charge in [-0.15, -0.1) is 0 Å². The van der Waals surface area contributed by atoms with Gasteiger partial charge in [0.05, 0.1) is 0 Å². The third-order valence-corrected chi connectivity index (χ3v) is 2.87. The molecule has 0 aromatic heterocycles. The molecule has 0 heterocycles. The predicted octanol–water partition coefficient (Wildman–Crippen LogP) is 2.83. The van der Waals surface area contributed by atoms with Crippen LogP contribution in [0.15, 0.2) is 0 Å². The Kier molecular flexibility index (Phi) is 4.53. The highest BCUT2D eigenvalue weighted by molar-refractivity contribution is 5.93. The minimum absolute atomic E-state index is 0.254. The first-order chi connectivity index (χ1) is 6.33. The Labute approximate surface area is 79.9 Å². The van der Waals surface area contributed by atoms with Gasteiger partial charge in [0.1, 0.15) is 6.07 Å². The van der Waals surface area contributed by atoms with E-state index >= 15 is 0 Å². The Hall–Kier alpha value is -0.840. The van der Waals surface area contributed by atoms with Crippen molar-refractivity contribution in [1.29, 1.82) is 5.26 Å². The molecule has 0 amide bonds. The van der Waals surface area contributed by atoms with E-state index in [2.05, 4.69) is 0 Å². The normalized spacial score (nSPS) is 18.1. The summed E-state index contributed by atoms with van der Waals surface area (Å²) in [7, 11) is 0. The number of nitrogens with zero attached hydrogens (tertiary/aromatic N) is 1. The zero-order valence-corrected chi connectivity index (χ0v) is 8.09. The maximum Gasteiger partial charge on any atom is 0.231 e.